The zero-order valence-corrected chi connectivity index (χ0v) is 34.2. The molecule has 0 saturated heterocycles. The first-order chi connectivity index (χ1) is 26.0. The number of fused-ring (bicyclic) bond motifs is 2. The minimum Gasteiger partial charge on any atom is -0.478 e. The molecule has 10 heteroatoms. The fourth-order valence-electron chi connectivity index (χ4n) is 6.17. The molecule has 6 aromatic rings. The molecule has 0 saturated carbocycles. The maximum Gasteiger partial charge on any atom is 0.328 e. The van der Waals surface area contributed by atoms with Crippen molar-refractivity contribution in [1.82, 2.24) is 10.6 Å². The minimum absolute atomic E-state index is 0.188. The van der Waals surface area contributed by atoms with Gasteiger partial charge >= 0.3 is 11.9 Å². The lowest BCUT2D eigenvalue weighted by Gasteiger charge is -2.17. The number of carboxylic acid groups (broad SMARTS) is 2. The van der Waals surface area contributed by atoms with Crippen LogP contribution in [0.2, 0.25) is 0 Å². The second kappa shape index (κ2) is 21.6. The lowest BCUT2D eigenvalue weighted by atomic mass is 9.96. The summed E-state index contributed by atoms with van der Waals surface area (Å²) in [6.07, 6.45) is 5.05. The SMILES string of the molecule is CNC(CCc1cccc2cc(I)ccc12)c1ccc(F)cc1.CNC(CCc1cccc2cc(I)ccc12)c1ccc(F)cc1.O=C(O)C=CC(=O)O. The van der Waals surface area contributed by atoms with Gasteiger partial charge in [-0.15, -0.1) is 0 Å². The Kier molecular flexibility index (Phi) is 17.0. The molecule has 280 valence electrons. The van der Waals surface area contributed by atoms with Crippen LogP contribution in [0, 0.1) is 18.8 Å². The molecule has 2 unspecified atom stereocenters. The molecule has 0 heterocycles. The van der Waals surface area contributed by atoms with Gasteiger partial charge in [-0.05, 0) is 177 Å². The molecule has 6 nitrogen and oxygen atoms in total. The van der Waals surface area contributed by atoms with Gasteiger partial charge in [0.2, 0.25) is 0 Å². The molecule has 6 aromatic carbocycles. The van der Waals surface area contributed by atoms with E-state index in [0.717, 1.165) is 36.8 Å². The molecule has 0 aromatic heterocycles. The third-order valence-electron chi connectivity index (χ3n) is 8.88. The van der Waals surface area contributed by atoms with Crippen LogP contribution in [0.15, 0.2) is 133 Å². The highest BCUT2D eigenvalue weighted by molar-refractivity contribution is 14.1. The fraction of sp³-hybridized carbons (Fsp3) is 0.182. The number of benzene rings is 6. The van der Waals surface area contributed by atoms with Gasteiger partial charge in [-0.2, -0.15) is 0 Å². The average molecular weight is 955 g/mol. The number of nitrogens with one attached hydrogen (secondary N) is 2. The van der Waals surface area contributed by atoms with Crippen molar-refractivity contribution in [3.63, 3.8) is 0 Å². The van der Waals surface area contributed by atoms with Crippen LogP contribution < -0.4 is 10.6 Å². The highest BCUT2D eigenvalue weighted by Gasteiger charge is 2.12. The first-order valence-corrected chi connectivity index (χ1v) is 19.5. The number of rotatable bonds is 12. The Morgan fingerprint density at radius 3 is 1.30 bits per heavy atom. The number of carbonyl (C=O) groups is 2. The maximum atomic E-state index is 13.1. The van der Waals surface area contributed by atoms with E-state index in [1.54, 1.807) is 0 Å². The van der Waals surface area contributed by atoms with E-state index >= 15 is 0 Å². The topological polar surface area (TPSA) is 98.7 Å². The highest BCUT2D eigenvalue weighted by atomic mass is 127. The van der Waals surface area contributed by atoms with Crippen LogP contribution in [-0.4, -0.2) is 36.2 Å². The molecule has 54 heavy (non-hydrogen) atoms. The summed E-state index contributed by atoms with van der Waals surface area (Å²) in [6.45, 7) is 0. The molecule has 0 aliphatic rings. The Hall–Kier alpha value is -4.24. The number of carboxylic acids is 2. The zero-order valence-electron chi connectivity index (χ0n) is 29.9. The Bertz CT molecular complexity index is 2020. The van der Waals surface area contributed by atoms with Crippen molar-refractivity contribution < 1.29 is 28.6 Å². The van der Waals surface area contributed by atoms with E-state index in [0.29, 0.717) is 12.2 Å². The summed E-state index contributed by atoms with van der Waals surface area (Å²) < 4.78 is 28.7. The van der Waals surface area contributed by atoms with Gasteiger partial charge in [0.05, 0.1) is 0 Å². The van der Waals surface area contributed by atoms with Gasteiger partial charge in [-0.25, -0.2) is 18.4 Å². The molecule has 0 fully saturated rings. The number of hydrogen-bond donors (Lipinski definition) is 4. The molecule has 4 N–H and O–H groups in total. The van der Waals surface area contributed by atoms with Crippen LogP contribution in [0.1, 0.15) is 47.2 Å². The van der Waals surface area contributed by atoms with Gasteiger partial charge in [-0.3, -0.25) is 0 Å². The van der Waals surface area contributed by atoms with E-state index in [9.17, 15) is 18.4 Å². The van der Waals surface area contributed by atoms with Crippen molar-refractivity contribution in [2.24, 2.45) is 0 Å². The molecule has 0 amide bonds. The first kappa shape index (κ1) is 42.5. The first-order valence-electron chi connectivity index (χ1n) is 17.3. The van der Waals surface area contributed by atoms with Crippen molar-refractivity contribution >= 4 is 78.7 Å². The second-order valence-corrected chi connectivity index (χ2v) is 14.9. The predicted octanol–water partition coefficient (Wildman–Crippen LogP) is 10.7. The van der Waals surface area contributed by atoms with E-state index < -0.39 is 11.9 Å². The van der Waals surface area contributed by atoms with Gasteiger partial charge in [0, 0.05) is 31.4 Å². The van der Waals surface area contributed by atoms with E-state index in [2.05, 4.69) is 129 Å². The Labute approximate surface area is 342 Å². The predicted molar refractivity (Wildman–Crippen MR) is 231 cm³/mol. The smallest absolute Gasteiger partial charge is 0.328 e. The number of halogens is 4. The fourth-order valence-corrected chi connectivity index (χ4v) is 7.20. The third kappa shape index (κ3) is 13.3. The zero-order chi connectivity index (χ0) is 39.0. The minimum atomic E-state index is -1.26. The number of aliphatic carboxylic acids is 2. The lowest BCUT2D eigenvalue weighted by molar-refractivity contribution is -0.134. The Balaban J connectivity index is 0.000000201. The van der Waals surface area contributed by atoms with E-state index in [4.69, 9.17) is 10.2 Å². The van der Waals surface area contributed by atoms with Crippen LogP contribution in [0.3, 0.4) is 0 Å². The number of hydrogen-bond acceptors (Lipinski definition) is 4. The Morgan fingerprint density at radius 2 is 0.963 bits per heavy atom. The van der Waals surface area contributed by atoms with E-state index in [1.165, 1.54) is 64.1 Å². The summed E-state index contributed by atoms with van der Waals surface area (Å²) in [7, 11) is 3.92. The summed E-state index contributed by atoms with van der Waals surface area (Å²) in [5.74, 6) is -2.89. The monoisotopic (exact) mass is 954 g/mol. The molecule has 0 aliphatic heterocycles. The van der Waals surface area contributed by atoms with Crippen LogP contribution in [0.5, 0.6) is 0 Å². The van der Waals surface area contributed by atoms with Crippen molar-refractivity contribution in [2.75, 3.05) is 14.1 Å². The van der Waals surface area contributed by atoms with Crippen molar-refractivity contribution in [2.45, 2.75) is 37.8 Å². The van der Waals surface area contributed by atoms with Crippen LogP contribution in [0.25, 0.3) is 21.5 Å². The second-order valence-electron chi connectivity index (χ2n) is 12.4. The molecule has 0 aliphatic carbocycles. The summed E-state index contributed by atoms with van der Waals surface area (Å²) in [5, 5.41) is 27.5. The maximum absolute atomic E-state index is 13.1. The molecular weight excluding hydrogens is 912 g/mol. The summed E-state index contributed by atoms with van der Waals surface area (Å²) in [4.78, 5) is 19.1. The van der Waals surface area contributed by atoms with Crippen molar-refractivity contribution in [3.05, 3.63) is 175 Å². The Morgan fingerprint density at radius 1 is 0.593 bits per heavy atom. The molecule has 0 radical (unpaired) electrons. The molecule has 0 spiro atoms. The number of aryl methyl sites for hydroxylation is 2. The van der Waals surface area contributed by atoms with Gasteiger partial charge < -0.3 is 20.8 Å². The molecule has 6 rings (SSSR count). The standard InChI is InChI=1S/2C20H19FIN.C4H4O4/c2*1-23-20(15-5-8-17(21)9-6-15)12-7-14-3-2-4-16-13-18(22)10-11-19(14)16;5-3(6)1-2-4(7)8/h2*2-6,8-11,13,20,23H,7,12H2,1H3;1-2H,(H,5,6)(H,7,8). The van der Waals surface area contributed by atoms with Gasteiger partial charge in [0.15, 0.2) is 0 Å². The van der Waals surface area contributed by atoms with Crippen molar-refractivity contribution in [3.8, 4) is 0 Å². The van der Waals surface area contributed by atoms with Gasteiger partial charge in [-0.1, -0.05) is 72.8 Å². The van der Waals surface area contributed by atoms with E-state index in [-0.39, 0.29) is 23.7 Å². The lowest BCUT2D eigenvalue weighted by Crippen LogP contribution is -2.17. The van der Waals surface area contributed by atoms with E-state index in [1.807, 2.05) is 38.4 Å². The van der Waals surface area contributed by atoms with Crippen LogP contribution >= 0.6 is 45.2 Å². The van der Waals surface area contributed by atoms with Crippen LogP contribution in [0.4, 0.5) is 8.78 Å². The molecule has 2 atom stereocenters. The quantitative estimate of drug-likeness (QED) is 0.0721. The normalized spacial score (nSPS) is 12.0. The van der Waals surface area contributed by atoms with Crippen LogP contribution in [-0.2, 0) is 22.4 Å². The average Bonchev–Trinajstić information content (AvgIpc) is 3.16. The van der Waals surface area contributed by atoms with Gasteiger partial charge in [0.1, 0.15) is 11.6 Å². The summed E-state index contributed by atoms with van der Waals surface area (Å²) in [6, 6.07) is 40.2. The highest BCUT2D eigenvalue weighted by Crippen LogP contribution is 2.27. The van der Waals surface area contributed by atoms with Crippen molar-refractivity contribution in [1.29, 1.82) is 0 Å². The largest absolute Gasteiger partial charge is 0.478 e. The molecular formula is C44H42F2I2N2O4. The summed E-state index contributed by atoms with van der Waals surface area (Å²) in [5.41, 5.74) is 4.98. The summed E-state index contributed by atoms with van der Waals surface area (Å²) >= 11 is 4.69. The molecule has 0 bridgehead atoms. The van der Waals surface area contributed by atoms with Gasteiger partial charge in [0.25, 0.3) is 0 Å². The third-order valence-corrected chi connectivity index (χ3v) is 10.2.